The number of methoxy groups -OCH3 is 1. The van der Waals surface area contributed by atoms with E-state index in [4.69, 9.17) is 9.84 Å². The van der Waals surface area contributed by atoms with Crippen molar-refractivity contribution in [2.45, 2.75) is 26.4 Å². The summed E-state index contributed by atoms with van der Waals surface area (Å²) < 4.78 is 5.02. The fraction of sp³-hybridized carbons (Fsp3) is 0.462. The molecule has 0 spiro atoms. The van der Waals surface area contributed by atoms with E-state index < -0.39 is 17.0 Å². The monoisotopic (exact) mass is 238 g/mol. The summed E-state index contributed by atoms with van der Waals surface area (Å²) in [6.45, 7) is 4.50. The Morgan fingerprint density at radius 3 is 2.00 bits per heavy atom. The lowest BCUT2D eigenvalue weighted by Gasteiger charge is -2.36. The first kappa shape index (κ1) is 13.5. The molecule has 0 saturated heterocycles. The molecule has 0 fully saturated rings. The van der Waals surface area contributed by atoms with E-state index in [1.807, 2.05) is 0 Å². The zero-order valence-electron chi connectivity index (χ0n) is 10.5. The molecule has 94 valence electrons. The molecule has 0 saturated carbocycles. The van der Waals surface area contributed by atoms with Crippen LogP contribution in [0.1, 0.15) is 26.3 Å². The van der Waals surface area contributed by atoms with Gasteiger partial charge in [0.05, 0.1) is 12.5 Å². The summed E-state index contributed by atoms with van der Waals surface area (Å²) in [6.07, 6.45) is 0. The van der Waals surface area contributed by atoms with Gasteiger partial charge in [-0.15, -0.1) is 0 Å². The molecule has 1 unspecified atom stereocenters. The van der Waals surface area contributed by atoms with Gasteiger partial charge in [0.25, 0.3) is 0 Å². The van der Waals surface area contributed by atoms with Crippen LogP contribution < -0.4 is 4.74 Å². The van der Waals surface area contributed by atoms with Crippen LogP contribution in [-0.2, 0) is 10.4 Å². The molecule has 0 aliphatic carbocycles. The molecule has 0 bridgehead atoms. The molecule has 2 N–H and O–H groups in total. The van der Waals surface area contributed by atoms with Crippen molar-refractivity contribution in [2.24, 2.45) is 5.41 Å². The van der Waals surface area contributed by atoms with Crippen LogP contribution in [0.2, 0.25) is 0 Å². The van der Waals surface area contributed by atoms with Crippen LogP contribution in [-0.4, -0.2) is 23.3 Å². The van der Waals surface area contributed by atoms with E-state index in [0.717, 1.165) is 0 Å². The van der Waals surface area contributed by atoms with Gasteiger partial charge in [0.15, 0.2) is 0 Å². The lowest BCUT2D eigenvalue weighted by Crippen LogP contribution is -2.44. The lowest BCUT2D eigenvalue weighted by atomic mass is 9.72. The van der Waals surface area contributed by atoms with Crippen molar-refractivity contribution < 1.29 is 19.7 Å². The van der Waals surface area contributed by atoms with Gasteiger partial charge in [-0.05, 0) is 38.5 Å². The zero-order chi connectivity index (χ0) is 13.3. The van der Waals surface area contributed by atoms with E-state index in [-0.39, 0.29) is 0 Å². The number of carbonyl (C=O) groups is 1. The molecule has 17 heavy (non-hydrogen) atoms. The molecule has 1 rings (SSSR count). The van der Waals surface area contributed by atoms with E-state index in [1.54, 1.807) is 31.4 Å². The summed E-state index contributed by atoms with van der Waals surface area (Å²) in [7, 11) is 1.55. The molecule has 1 atom stereocenters. The minimum Gasteiger partial charge on any atom is -0.497 e. The van der Waals surface area contributed by atoms with Gasteiger partial charge >= 0.3 is 5.97 Å². The van der Waals surface area contributed by atoms with E-state index in [0.29, 0.717) is 11.3 Å². The van der Waals surface area contributed by atoms with Crippen molar-refractivity contribution >= 4 is 5.97 Å². The first-order chi connectivity index (χ1) is 7.73. The Balaban J connectivity index is 3.16. The number of hydrogen-bond donors (Lipinski definition) is 2. The van der Waals surface area contributed by atoms with Gasteiger partial charge in [0.1, 0.15) is 11.4 Å². The second-order valence-electron chi connectivity index (χ2n) is 4.73. The van der Waals surface area contributed by atoms with Crippen LogP contribution in [0.4, 0.5) is 0 Å². The molecule has 1 aromatic carbocycles. The highest BCUT2D eigenvalue weighted by atomic mass is 16.5. The smallest absolute Gasteiger partial charge is 0.312 e. The van der Waals surface area contributed by atoms with Crippen LogP contribution in [0.25, 0.3) is 0 Å². The van der Waals surface area contributed by atoms with Crippen LogP contribution >= 0.6 is 0 Å². The maximum absolute atomic E-state index is 11.2. The fourth-order valence-electron chi connectivity index (χ4n) is 1.48. The molecule has 0 aromatic heterocycles. The molecule has 0 amide bonds. The van der Waals surface area contributed by atoms with Gasteiger partial charge in [-0.3, -0.25) is 4.79 Å². The SMILES string of the molecule is COc1ccc(C(C)(O)C(C)(C)C(=O)O)cc1. The Morgan fingerprint density at radius 1 is 1.18 bits per heavy atom. The predicted octanol–water partition coefficient (Wildman–Crippen LogP) is 2.01. The van der Waals surface area contributed by atoms with Gasteiger partial charge in [0, 0.05) is 0 Å². The van der Waals surface area contributed by atoms with E-state index >= 15 is 0 Å². The predicted molar refractivity (Wildman–Crippen MR) is 64.0 cm³/mol. The molecule has 0 radical (unpaired) electrons. The number of rotatable bonds is 4. The number of hydrogen-bond acceptors (Lipinski definition) is 3. The van der Waals surface area contributed by atoms with Crippen molar-refractivity contribution in [3.8, 4) is 5.75 Å². The first-order valence-corrected chi connectivity index (χ1v) is 5.34. The topological polar surface area (TPSA) is 66.8 Å². The minimum atomic E-state index is -1.45. The summed E-state index contributed by atoms with van der Waals surface area (Å²) in [5.41, 5.74) is -2.18. The second kappa shape index (κ2) is 4.37. The highest BCUT2D eigenvalue weighted by molar-refractivity contribution is 5.75. The first-order valence-electron chi connectivity index (χ1n) is 5.34. The Kier molecular flexibility index (Phi) is 3.48. The molecule has 4 nitrogen and oxygen atoms in total. The zero-order valence-corrected chi connectivity index (χ0v) is 10.5. The molecular weight excluding hydrogens is 220 g/mol. The number of carboxylic acid groups (broad SMARTS) is 1. The van der Waals surface area contributed by atoms with Crippen molar-refractivity contribution in [3.05, 3.63) is 29.8 Å². The van der Waals surface area contributed by atoms with Crippen molar-refractivity contribution in [3.63, 3.8) is 0 Å². The maximum atomic E-state index is 11.2. The third-order valence-electron chi connectivity index (χ3n) is 3.40. The van der Waals surface area contributed by atoms with Crippen LogP contribution in [0.5, 0.6) is 5.75 Å². The average molecular weight is 238 g/mol. The van der Waals surface area contributed by atoms with Crippen molar-refractivity contribution in [1.82, 2.24) is 0 Å². The van der Waals surface area contributed by atoms with E-state index in [2.05, 4.69) is 0 Å². The Bertz CT molecular complexity index is 404. The third kappa shape index (κ3) is 2.26. The molecule has 4 heteroatoms. The third-order valence-corrected chi connectivity index (χ3v) is 3.40. The number of carboxylic acids is 1. The second-order valence-corrected chi connectivity index (χ2v) is 4.73. The standard InChI is InChI=1S/C13H18O4/c1-12(2,11(14)15)13(3,16)9-5-7-10(17-4)8-6-9/h5-8,16H,1-4H3,(H,14,15). The highest BCUT2D eigenvalue weighted by Crippen LogP contribution is 2.39. The van der Waals surface area contributed by atoms with Crippen molar-refractivity contribution in [1.29, 1.82) is 0 Å². The Hall–Kier alpha value is -1.55. The number of aliphatic hydroxyl groups is 1. The van der Waals surface area contributed by atoms with Crippen LogP contribution in [0, 0.1) is 5.41 Å². The van der Waals surface area contributed by atoms with Crippen molar-refractivity contribution in [2.75, 3.05) is 7.11 Å². The van der Waals surface area contributed by atoms with Gasteiger partial charge < -0.3 is 14.9 Å². The maximum Gasteiger partial charge on any atom is 0.312 e. The van der Waals surface area contributed by atoms with Gasteiger partial charge in [-0.25, -0.2) is 0 Å². The molecule has 0 aliphatic heterocycles. The molecule has 1 aromatic rings. The molecule has 0 heterocycles. The lowest BCUT2D eigenvalue weighted by molar-refractivity contribution is -0.164. The summed E-state index contributed by atoms with van der Waals surface area (Å²) in [6, 6.07) is 6.73. The Morgan fingerprint density at radius 2 is 1.65 bits per heavy atom. The van der Waals surface area contributed by atoms with E-state index in [9.17, 15) is 9.90 Å². The molecule has 0 aliphatic rings. The fourth-order valence-corrected chi connectivity index (χ4v) is 1.48. The summed E-state index contributed by atoms with van der Waals surface area (Å²) in [5.74, 6) is -0.379. The molecular formula is C13H18O4. The quantitative estimate of drug-likeness (QED) is 0.842. The Labute approximate surface area is 101 Å². The normalized spacial score (nSPS) is 15.1. The van der Waals surface area contributed by atoms with Crippen LogP contribution in [0.15, 0.2) is 24.3 Å². The summed E-state index contributed by atoms with van der Waals surface area (Å²) in [4.78, 5) is 11.2. The van der Waals surface area contributed by atoms with E-state index in [1.165, 1.54) is 20.8 Å². The highest BCUT2D eigenvalue weighted by Gasteiger charge is 2.46. The minimum absolute atomic E-state index is 0.547. The number of benzene rings is 1. The largest absolute Gasteiger partial charge is 0.497 e. The van der Waals surface area contributed by atoms with Gasteiger partial charge in [-0.1, -0.05) is 12.1 Å². The number of aliphatic carboxylic acids is 1. The van der Waals surface area contributed by atoms with Crippen LogP contribution in [0.3, 0.4) is 0 Å². The average Bonchev–Trinajstić information content (AvgIpc) is 2.28. The van der Waals surface area contributed by atoms with Gasteiger partial charge in [0.2, 0.25) is 0 Å². The summed E-state index contributed by atoms with van der Waals surface area (Å²) in [5, 5.41) is 19.6. The van der Waals surface area contributed by atoms with Gasteiger partial charge in [-0.2, -0.15) is 0 Å². The summed E-state index contributed by atoms with van der Waals surface area (Å²) >= 11 is 0. The number of ether oxygens (including phenoxy) is 1.